The second kappa shape index (κ2) is 18.6. The summed E-state index contributed by atoms with van der Waals surface area (Å²) in [6, 6.07) is 25.1. The lowest BCUT2D eigenvalue weighted by Gasteiger charge is -2.37. The first-order valence-corrected chi connectivity index (χ1v) is 24.6. The van der Waals surface area contributed by atoms with E-state index in [1.54, 1.807) is 47.9 Å². The van der Waals surface area contributed by atoms with E-state index in [1.165, 1.54) is 24.3 Å². The van der Waals surface area contributed by atoms with Gasteiger partial charge in [0.2, 0.25) is 11.9 Å². The molecule has 9 heterocycles. The predicted octanol–water partition coefficient (Wildman–Crippen LogP) is 8.02. The number of hydrogen-bond acceptors (Lipinski definition) is 14. The Labute approximate surface area is 425 Å². The highest BCUT2D eigenvalue weighted by atomic mass is 19.1. The highest BCUT2D eigenvalue weighted by molar-refractivity contribution is 5.79. The average Bonchev–Trinajstić information content (AvgIpc) is 4.20. The second-order valence-electron chi connectivity index (χ2n) is 19.5. The van der Waals surface area contributed by atoms with Crippen LogP contribution in [-0.2, 0) is 18.1 Å². The summed E-state index contributed by atoms with van der Waals surface area (Å²) in [5.41, 5.74) is 6.82. The normalized spacial score (nSPS) is 15.3. The zero-order chi connectivity index (χ0) is 50.6. The van der Waals surface area contributed by atoms with Crippen LogP contribution in [0.5, 0.6) is 5.75 Å². The van der Waals surface area contributed by atoms with Gasteiger partial charge in [-0.15, -0.1) is 0 Å². The molecule has 0 saturated carbocycles. The van der Waals surface area contributed by atoms with Crippen LogP contribution in [-0.4, -0.2) is 111 Å². The van der Waals surface area contributed by atoms with Crippen molar-refractivity contribution < 1.29 is 13.5 Å². The summed E-state index contributed by atoms with van der Waals surface area (Å²) in [5, 5.41) is 13.3. The molecule has 372 valence electrons. The first-order valence-electron chi connectivity index (χ1n) is 24.6. The van der Waals surface area contributed by atoms with E-state index in [1.807, 2.05) is 92.2 Å². The fraction of sp³-hybridized carbons (Fsp3) is 0.255. The Kier molecular flexibility index (Phi) is 11.6. The number of anilines is 4. The molecule has 2 saturated heterocycles. The Balaban J connectivity index is 0.753. The highest BCUT2D eigenvalue weighted by Crippen LogP contribution is 2.43. The van der Waals surface area contributed by atoms with E-state index in [9.17, 15) is 4.39 Å². The molecule has 1 atom stereocenters. The fourth-order valence-electron chi connectivity index (χ4n) is 10.1. The van der Waals surface area contributed by atoms with Crippen LogP contribution in [0.15, 0.2) is 147 Å². The molecule has 74 heavy (non-hydrogen) atoms. The van der Waals surface area contributed by atoms with Gasteiger partial charge in [0.15, 0.2) is 17.2 Å². The van der Waals surface area contributed by atoms with Crippen LogP contribution in [0.2, 0.25) is 0 Å². The van der Waals surface area contributed by atoms with E-state index >= 15 is 4.39 Å². The number of ether oxygens (including phenoxy) is 1. The van der Waals surface area contributed by atoms with Gasteiger partial charge in [-0.3, -0.25) is 4.68 Å². The molecule has 0 spiro atoms. The predicted molar refractivity (Wildman–Crippen MR) is 279 cm³/mol. The van der Waals surface area contributed by atoms with Gasteiger partial charge in [-0.2, -0.15) is 15.3 Å². The Morgan fingerprint density at radius 3 is 1.53 bits per heavy atom. The summed E-state index contributed by atoms with van der Waals surface area (Å²) < 4.78 is 42.5. The number of benzene rings is 3. The van der Waals surface area contributed by atoms with Gasteiger partial charge in [0.05, 0.1) is 6.20 Å². The summed E-state index contributed by atoms with van der Waals surface area (Å²) in [5.74, 6) is 2.36. The van der Waals surface area contributed by atoms with E-state index in [2.05, 4.69) is 64.1 Å². The van der Waals surface area contributed by atoms with Crippen LogP contribution >= 0.6 is 0 Å². The fourth-order valence-corrected chi connectivity index (χ4v) is 10.1. The van der Waals surface area contributed by atoms with E-state index in [4.69, 9.17) is 29.7 Å². The molecular weight excluding hydrogens is 939 g/mol. The van der Waals surface area contributed by atoms with E-state index < -0.39 is 22.7 Å². The Morgan fingerprint density at radius 2 is 0.986 bits per heavy atom. The van der Waals surface area contributed by atoms with Crippen molar-refractivity contribution in [1.29, 1.82) is 0 Å². The van der Waals surface area contributed by atoms with Crippen LogP contribution in [0.4, 0.5) is 32.3 Å². The van der Waals surface area contributed by atoms with Crippen molar-refractivity contribution >= 4 is 34.6 Å². The van der Waals surface area contributed by atoms with Gasteiger partial charge < -0.3 is 24.3 Å². The first-order chi connectivity index (χ1) is 36.0. The zero-order valence-electron chi connectivity index (χ0n) is 41.3. The number of piperazine rings is 2. The lowest BCUT2D eigenvalue weighted by atomic mass is 9.78. The molecule has 0 radical (unpaired) electrons. The molecular formula is C55H52F2N16O. The zero-order valence-corrected chi connectivity index (χ0v) is 41.3. The molecule has 0 amide bonds. The number of aromatic nitrogens is 12. The van der Waals surface area contributed by atoms with E-state index in [0.717, 1.165) is 50.5 Å². The van der Waals surface area contributed by atoms with E-state index in [0.29, 0.717) is 86.7 Å². The highest BCUT2D eigenvalue weighted by Gasteiger charge is 2.37. The SMILES string of the molecule is Cn1cc(-c2cc3c(N4CCN(c5ncc(C(C)(C)c6ccc(F)cc6OC(C)(c6ccc(F)cc6)c6cnc(N7CCN(c8ncnn9cc(-c%10ccccc%10)cc89)CC7)nc6)cn5)CC4)ncnn3c2)cn1. The molecule has 0 bridgehead atoms. The largest absolute Gasteiger partial charge is 0.478 e. The average molecular weight is 991 g/mol. The van der Waals surface area contributed by atoms with Crippen molar-refractivity contribution in [3.8, 4) is 28.0 Å². The molecule has 0 N–H and O–H groups in total. The topological polar surface area (TPSA) is 152 Å². The number of aryl methyl sites for hydroxylation is 1. The van der Waals surface area contributed by atoms with Crippen LogP contribution in [0.1, 0.15) is 43.0 Å². The van der Waals surface area contributed by atoms with Crippen molar-refractivity contribution in [2.45, 2.75) is 31.8 Å². The lowest BCUT2D eigenvalue weighted by molar-refractivity contribution is 0.128. The van der Waals surface area contributed by atoms with Gasteiger partial charge in [0, 0.05) is 142 Å². The molecule has 3 aromatic carbocycles. The van der Waals surface area contributed by atoms with Gasteiger partial charge in [-0.05, 0) is 53.9 Å². The summed E-state index contributed by atoms with van der Waals surface area (Å²) >= 11 is 0. The Bertz CT molecular complexity index is 3600. The minimum atomic E-state index is -1.28. The van der Waals surface area contributed by atoms with E-state index in [-0.39, 0.29) is 0 Å². The molecule has 7 aromatic heterocycles. The number of fused-ring (bicyclic) bond motifs is 2. The summed E-state index contributed by atoms with van der Waals surface area (Å²) in [7, 11) is 1.90. The number of rotatable bonds is 12. The molecule has 1 unspecified atom stereocenters. The lowest BCUT2D eigenvalue weighted by Crippen LogP contribution is -2.47. The minimum absolute atomic E-state index is 0.300. The van der Waals surface area contributed by atoms with Gasteiger partial charge >= 0.3 is 0 Å². The first kappa shape index (κ1) is 46.2. The van der Waals surface area contributed by atoms with Crippen molar-refractivity contribution in [2.24, 2.45) is 7.05 Å². The molecule has 2 aliphatic rings. The van der Waals surface area contributed by atoms with Crippen LogP contribution in [0.25, 0.3) is 33.3 Å². The van der Waals surface area contributed by atoms with Gasteiger partial charge in [-0.1, -0.05) is 62.4 Å². The van der Waals surface area contributed by atoms with Crippen LogP contribution < -0.4 is 24.3 Å². The molecule has 0 aliphatic carbocycles. The minimum Gasteiger partial charge on any atom is -0.478 e. The smallest absolute Gasteiger partial charge is 0.225 e. The summed E-state index contributed by atoms with van der Waals surface area (Å²) in [4.78, 5) is 37.7. The third-order valence-corrected chi connectivity index (χ3v) is 14.5. The monoisotopic (exact) mass is 990 g/mol. The van der Waals surface area contributed by atoms with Gasteiger partial charge in [-0.25, -0.2) is 47.7 Å². The Hall–Kier alpha value is -8.87. The maximum Gasteiger partial charge on any atom is 0.225 e. The molecule has 10 aromatic rings. The van der Waals surface area contributed by atoms with Crippen LogP contribution in [0.3, 0.4) is 0 Å². The molecule has 2 fully saturated rings. The summed E-state index contributed by atoms with van der Waals surface area (Å²) in [6.07, 6.45) is 18.2. The third kappa shape index (κ3) is 8.62. The maximum atomic E-state index is 15.4. The van der Waals surface area contributed by atoms with Crippen molar-refractivity contribution in [1.82, 2.24) is 58.9 Å². The number of hydrogen-bond donors (Lipinski definition) is 0. The third-order valence-electron chi connectivity index (χ3n) is 14.5. The van der Waals surface area contributed by atoms with Crippen molar-refractivity contribution in [3.63, 3.8) is 0 Å². The number of nitrogens with zero attached hydrogens (tertiary/aromatic N) is 16. The van der Waals surface area contributed by atoms with Crippen molar-refractivity contribution in [2.75, 3.05) is 72.0 Å². The molecule has 12 rings (SSSR count). The molecule has 2 aliphatic heterocycles. The van der Waals surface area contributed by atoms with Gasteiger partial charge in [0.25, 0.3) is 0 Å². The second-order valence-corrected chi connectivity index (χ2v) is 19.5. The quantitative estimate of drug-likeness (QED) is 0.116. The summed E-state index contributed by atoms with van der Waals surface area (Å²) in [6.45, 7) is 11.5. The molecule has 19 heteroatoms. The Morgan fingerprint density at radius 1 is 0.473 bits per heavy atom. The van der Waals surface area contributed by atoms with Crippen molar-refractivity contribution in [3.05, 3.63) is 181 Å². The standard InChI is InChI=1S/C55H52F2N16O/c1-54(2,42-28-58-52(59-29-42)70-20-16-69(17-21-70)51-48-25-39(34-73(48)66-36-63-51)40-27-64-67(4)32-40)46-15-14-45(57)26-49(46)74-55(3,41-10-12-44(56)13-11-41)43-30-60-53(61-31-43)71-22-18-68(19-23-71)50-47-24-38(33-72(47)65-35-62-50)37-8-6-5-7-9-37/h5-15,24-36H,16-23H2,1-4H3. The maximum absolute atomic E-state index is 15.4. The van der Waals surface area contributed by atoms with Gasteiger partial charge in [0.1, 0.15) is 41.1 Å². The van der Waals surface area contributed by atoms with Crippen LogP contribution in [0, 0.1) is 11.6 Å². The number of halogens is 2. The molecule has 17 nitrogen and oxygen atoms in total.